The van der Waals surface area contributed by atoms with Crippen molar-refractivity contribution in [2.75, 3.05) is 6.61 Å². The van der Waals surface area contributed by atoms with Crippen LogP contribution >= 0.6 is 0 Å². The van der Waals surface area contributed by atoms with Gasteiger partial charge in [-0.2, -0.15) is 5.10 Å². The van der Waals surface area contributed by atoms with E-state index in [1.807, 2.05) is 37.3 Å². The van der Waals surface area contributed by atoms with E-state index in [1.165, 1.54) is 4.68 Å². The topological polar surface area (TPSA) is 49.0 Å². The van der Waals surface area contributed by atoms with E-state index in [0.717, 1.165) is 5.75 Å². The van der Waals surface area contributed by atoms with Gasteiger partial charge >= 0.3 is 5.69 Å². The minimum Gasteiger partial charge on any atom is -0.492 e. The number of para-hydroxylation sites is 1. The van der Waals surface area contributed by atoms with Crippen molar-refractivity contribution in [3.05, 3.63) is 47.1 Å². The molecule has 1 heterocycles. The summed E-state index contributed by atoms with van der Waals surface area (Å²) < 4.78 is 8.48. The number of aryl methyl sites for hydroxylation is 1. The standard InChI is InChI=1S/C12H15N3O2/c1-2-15-12(16)14(10-13-15)8-9-17-11-6-4-3-5-7-11/h3-7,10H,2,8-9H2,1H3. The molecule has 0 N–H and O–H groups in total. The Balaban J connectivity index is 1.90. The highest BCUT2D eigenvalue weighted by molar-refractivity contribution is 5.20. The highest BCUT2D eigenvalue weighted by Gasteiger charge is 2.02. The molecule has 0 saturated heterocycles. The van der Waals surface area contributed by atoms with E-state index in [0.29, 0.717) is 19.7 Å². The Labute approximate surface area is 99.3 Å². The number of benzene rings is 1. The van der Waals surface area contributed by atoms with Gasteiger partial charge in [0.1, 0.15) is 18.7 Å². The molecular weight excluding hydrogens is 218 g/mol. The number of ether oxygens (including phenoxy) is 1. The van der Waals surface area contributed by atoms with Crippen LogP contribution in [0.1, 0.15) is 6.92 Å². The first-order valence-electron chi connectivity index (χ1n) is 5.61. The Kier molecular flexibility index (Phi) is 3.59. The SMILES string of the molecule is CCn1ncn(CCOc2ccccc2)c1=O. The molecule has 0 bridgehead atoms. The summed E-state index contributed by atoms with van der Waals surface area (Å²) in [5.41, 5.74) is -0.0934. The number of hydrogen-bond donors (Lipinski definition) is 0. The predicted molar refractivity (Wildman–Crippen MR) is 64.1 cm³/mol. The van der Waals surface area contributed by atoms with Crippen LogP contribution < -0.4 is 10.4 Å². The maximum Gasteiger partial charge on any atom is 0.345 e. The first-order valence-corrected chi connectivity index (χ1v) is 5.61. The maximum atomic E-state index is 11.7. The van der Waals surface area contributed by atoms with Gasteiger partial charge in [0.05, 0.1) is 6.54 Å². The molecule has 0 unspecified atom stereocenters. The van der Waals surface area contributed by atoms with Gasteiger partial charge in [-0.1, -0.05) is 18.2 Å². The second-order valence-corrected chi connectivity index (χ2v) is 3.58. The molecule has 1 aromatic heterocycles. The zero-order valence-corrected chi connectivity index (χ0v) is 9.74. The third-order valence-electron chi connectivity index (χ3n) is 2.44. The number of nitrogens with zero attached hydrogens (tertiary/aromatic N) is 3. The third-order valence-corrected chi connectivity index (χ3v) is 2.44. The van der Waals surface area contributed by atoms with Crippen LogP contribution in [-0.2, 0) is 13.1 Å². The molecule has 2 rings (SSSR count). The van der Waals surface area contributed by atoms with Gasteiger partial charge in [0, 0.05) is 6.54 Å². The van der Waals surface area contributed by atoms with E-state index >= 15 is 0 Å². The molecule has 0 radical (unpaired) electrons. The highest BCUT2D eigenvalue weighted by atomic mass is 16.5. The summed E-state index contributed by atoms with van der Waals surface area (Å²) in [6.07, 6.45) is 1.54. The molecule has 0 aliphatic carbocycles. The summed E-state index contributed by atoms with van der Waals surface area (Å²) in [7, 11) is 0. The predicted octanol–water partition coefficient (Wildman–Crippen LogP) is 1.14. The molecule has 0 aliphatic rings. The monoisotopic (exact) mass is 233 g/mol. The second-order valence-electron chi connectivity index (χ2n) is 3.58. The molecule has 5 heteroatoms. The molecule has 0 spiro atoms. The minimum atomic E-state index is -0.0934. The molecule has 90 valence electrons. The lowest BCUT2D eigenvalue weighted by Crippen LogP contribution is -2.26. The van der Waals surface area contributed by atoms with Gasteiger partial charge in [-0.05, 0) is 19.1 Å². The fourth-order valence-corrected chi connectivity index (χ4v) is 1.52. The molecule has 1 aromatic carbocycles. The van der Waals surface area contributed by atoms with Crippen LogP contribution in [0.3, 0.4) is 0 Å². The lowest BCUT2D eigenvalue weighted by molar-refractivity contribution is 0.296. The van der Waals surface area contributed by atoms with Crippen molar-refractivity contribution in [2.45, 2.75) is 20.0 Å². The largest absolute Gasteiger partial charge is 0.492 e. The van der Waals surface area contributed by atoms with Gasteiger partial charge in [0.2, 0.25) is 0 Å². The van der Waals surface area contributed by atoms with Crippen molar-refractivity contribution in [3.63, 3.8) is 0 Å². The van der Waals surface area contributed by atoms with E-state index in [2.05, 4.69) is 5.10 Å². The molecule has 5 nitrogen and oxygen atoms in total. The van der Waals surface area contributed by atoms with E-state index in [4.69, 9.17) is 4.74 Å². The normalized spacial score (nSPS) is 10.4. The van der Waals surface area contributed by atoms with Gasteiger partial charge in [-0.25, -0.2) is 9.48 Å². The van der Waals surface area contributed by atoms with Gasteiger partial charge in [-0.15, -0.1) is 0 Å². The quantitative estimate of drug-likeness (QED) is 0.778. The van der Waals surface area contributed by atoms with Crippen LogP contribution in [0.5, 0.6) is 5.75 Å². The Hall–Kier alpha value is -2.04. The second kappa shape index (κ2) is 5.34. The summed E-state index contributed by atoms with van der Waals surface area (Å²) in [6, 6.07) is 9.53. The van der Waals surface area contributed by atoms with Gasteiger partial charge in [0.25, 0.3) is 0 Å². The first-order chi connectivity index (χ1) is 8.31. The van der Waals surface area contributed by atoms with Gasteiger partial charge < -0.3 is 4.74 Å². The summed E-state index contributed by atoms with van der Waals surface area (Å²) in [4.78, 5) is 11.7. The lowest BCUT2D eigenvalue weighted by Gasteiger charge is -2.05. The zero-order chi connectivity index (χ0) is 12.1. The molecular formula is C12H15N3O2. The van der Waals surface area contributed by atoms with E-state index in [-0.39, 0.29) is 5.69 Å². The Morgan fingerprint density at radius 2 is 2.06 bits per heavy atom. The van der Waals surface area contributed by atoms with Gasteiger partial charge in [0.15, 0.2) is 0 Å². The van der Waals surface area contributed by atoms with Crippen molar-refractivity contribution in [2.24, 2.45) is 0 Å². The number of rotatable bonds is 5. The Bertz CT molecular complexity index is 516. The zero-order valence-electron chi connectivity index (χ0n) is 9.74. The lowest BCUT2D eigenvalue weighted by atomic mass is 10.3. The summed E-state index contributed by atoms with van der Waals surface area (Å²) in [5, 5.41) is 3.97. The molecule has 2 aromatic rings. The van der Waals surface area contributed by atoms with Crippen molar-refractivity contribution >= 4 is 0 Å². The van der Waals surface area contributed by atoms with Crippen LogP contribution in [0, 0.1) is 0 Å². The van der Waals surface area contributed by atoms with Crippen LogP contribution in [0.2, 0.25) is 0 Å². The maximum absolute atomic E-state index is 11.7. The fourth-order valence-electron chi connectivity index (χ4n) is 1.52. The Morgan fingerprint density at radius 1 is 1.29 bits per heavy atom. The summed E-state index contributed by atoms with van der Waals surface area (Å²) in [5.74, 6) is 0.809. The van der Waals surface area contributed by atoms with E-state index < -0.39 is 0 Å². The van der Waals surface area contributed by atoms with E-state index in [9.17, 15) is 4.79 Å². The van der Waals surface area contributed by atoms with Crippen LogP contribution in [0.15, 0.2) is 41.5 Å². The van der Waals surface area contributed by atoms with Crippen molar-refractivity contribution in [3.8, 4) is 5.75 Å². The first kappa shape index (κ1) is 11.4. The van der Waals surface area contributed by atoms with Crippen LogP contribution in [-0.4, -0.2) is 21.0 Å². The Morgan fingerprint density at radius 3 is 2.71 bits per heavy atom. The molecule has 0 atom stereocenters. The van der Waals surface area contributed by atoms with Gasteiger partial charge in [-0.3, -0.25) is 4.57 Å². The van der Waals surface area contributed by atoms with Crippen molar-refractivity contribution in [1.82, 2.24) is 14.3 Å². The number of aromatic nitrogens is 3. The van der Waals surface area contributed by atoms with Crippen molar-refractivity contribution in [1.29, 1.82) is 0 Å². The van der Waals surface area contributed by atoms with Crippen LogP contribution in [0.4, 0.5) is 0 Å². The third kappa shape index (κ3) is 2.75. The highest BCUT2D eigenvalue weighted by Crippen LogP contribution is 2.07. The molecule has 0 fully saturated rings. The molecule has 0 aliphatic heterocycles. The molecule has 17 heavy (non-hydrogen) atoms. The fraction of sp³-hybridized carbons (Fsp3) is 0.333. The summed E-state index contributed by atoms with van der Waals surface area (Å²) in [6.45, 7) is 3.44. The average molecular weight is 233 g/mol. The molecule has 0 amide bonds. The van der Waals surface area contributed by atoms with Crippen LogP contribution in [0.25, 0.3) is 0 Å². The van der Waals surface area contributed by atoms with E-state index in [1.54, 1.807) is 10.9 Å². The smallest absolute Gasteiger partial charge is 0.345 e. The summed E-state index contributed by atoms with van der Waals surface area (Å²) >= 11 is 0. The average Bonchev–Trinajstić information content (AvgIpc) is 2.72. The molecule has 0 saturated carbocycles. The van der Waals surface area contributed by atoms with Crippen molar-refractivity contribution < 1.29 is 4.74 Å². The number of hydrogen-bond acceptors (Lipinski definition) is 3. The minimum absolute atomic E-state index is 0.0934.